The van der Waals surface area contributed by atoms with Gasteiger partial charge in [0.05, 0.1) is 0 Å². The monoisotopic (exact) mass is 289 g/mol. The second-order valence-electron chi connectivity index (χ2n) is 3.84. The van der Waals surface area contributed by atoms with Crippen LogP contribution in [0.2, 0.25) is 5.02 Å². The van der Waals surface area contributed by atoms with E-state index >= 15 is 0 Å². The third kappa shape index (κ3) is 3.17. The molecule has 0 bridgehead atoms. The molecule has 0 heterocycles. The molecule has 2 rings (SSSR count). The molecule has 1 nitrogen and oxygen atoms in total. The van der Waals surface area contributed by atoms with Crippen molar-refractivity contribution in [3.8, 4) is 0 Å². The minimum atomic E-state index is -1.54. The maximum absolute atomic E-state index is 13.4. The summed E-state index contributed by atoms with van der Waals surface area (Å²) in [4.78, 5) is 0. The lowest BCUT2D eigenvalue weighted by Crippen LogP contribution is -2.03. The first-order valence-electron chi connectivity index (χ1n) is 5.29. The van der Waals surface area contributed by atoms with Crippen molar-refractivity contribution in [2.45, 2.75) is 6.54 Å². The predicted octanol–water partition coefficient (Wildman–Crippen LogP) is 4.51. The lowest BCUT2D eigenvalue weighted by molar-refractivity contribution is 0.447. The van der Waals surface area contributed by atoms with E-state index in [0.29, 0.717) is 5.02 Å². The zero-order chi connectivity index (χ0) is 14.0. The van der Waals surface area contributed by atoms with Gasteiger partial charge in [-0.05, 0) is 18.2 Å². The Morgan fingerprint density at radius 1 is 0.895 bits per heavy atom. The van der Waals surface area contributed by atoms with Gasteiger partial charge in [0.1, 0.15) is 5.82 Å². The van der Waals surface area contributed by atoms with Gasteiger partial charge in [0.2, 0.25) is 0 Å². The van der Waals surface area contributed by atoms with Crippen molar-refractivity contribution >= 4 is 17.3 Å². The van der Waals surface area contributed by atoms with Gasteiger partial charge in [0, 0.05) is 35.0 Å². The normalized spacial score (nSPS) is 10.6. The number of rotatable bonds is 3. The highest BCUT2D eigenvalue weighted by Crippen LogP contribution is 2.20. The molecule has 0 fully saturated rings. The van der Waals surface area contributed by atoms with Crippen molar-refractivity contribution in [1.82, 2.24) is 0 Å². The second-order valence-corrected chi connectivity index (χ2v) is 4.28. The Kier molecular flexibility index (Phi) is 3.95. The average Bonchev–Trinajstić information content (AvgIpc) is 2.37. The maximum Gasteiger partial charge on any atom is 0.194 e. The summed E-state index contributed by atoms with van der Waals surface area (Å²) >= 11 is 5.71. The van der Waals surface area contributed by atoms with Crippen LogP contribution < -0.4 is 5.32 Å². The molecule has 2 aromatic carbocycles. The van der Waals surface area contributed by atoms with Crippen LogP contribution in [0, 0.1) is 23.3 Å². The zero-order valence-electron chi connectivity index (χ0n) is 9.48. The highest BCUT2D eigenvalue weighted by molar-refractivity contribution is 6.30. The van der Waals surface area contributed by atoms with Crippen LogP contribution in [0.5, 0.6) is 0 Å². The van der Waals surface area contributed by atoms with E-state index in [1.165, 1.54) is 18.2 Å². The molecule has 100 valence electrons. The van der Waals surface area contributed by atoms with Gasteiger partial charge in [-0.3, -0.25) is 0 Å². The Morgan fingerprint density at radius 2 is 1.53 bits per heavy atom. The molecule has 0 saturated carbocycles. The number of hydrogen-bond donors (Lipinski definition) is 1. The molecule has 0 atom stereocenters. The maximum atomic E-state index is 13.4. The Hall–Kier alpha value is -1.75. The van der Waals surface area contributed by atoms with Crippen molar-refractivity contribution in [2.24, 2.45) is 0 Å². The SMILES string of the molecule is Fc1ccc(Cl)cc1CNc1cc(F)c(F)c(F)c1. The van der Waals surface area contributed by atoms with Gasteiger partial charge in [-0.1, -0.05) is 11.6 Å². The Balaban J connectivity index is 2.17. The third-order valence-electron chi connectivity index (χ3n) is 2.47. The molecular formula is C13H8ClF4N. The fraction of sp³-hybridized carbons (Fsp3) is 0.0769. The summed E-state index contributed by atoms with van der Waals surface area (Å²) in [5.41, 5.74) is 0.244. The van der Waals surface area contributed by atoms with E-state index in [4.69, 9.17) is 11.6 Å². The van der Waals surface area contributed by atoms with Gasteiger partial charge < -0.3 is 5.32 Å². The highest BCUT2D eigenvalue weighted by Gasteiger charge is 2.11. The topological polar surface area (TPSA) is 12.0 Å². The molecule has 0 amide bonds. The van der Waals surface area contributed by atoms with E-state index in [2.05, 4.69) is 5.32 Å². The van der Waals surface area contributed by atoms with Crippen LogP contribution in [0.15, 0.2) is 30.3 Å². The summed E-state index contributed by atoms with van der Waals surface area (Å²) in [6.07, 6.45) is 0. The lowest BCUT2D eigenvalue weighted by Gasteiger charge is -2.08. The first-order chi connectivity index (χ1) is 8.97. The average molecular weight is 290 g/mol. The van der Waals surface area contributed by atoms with E-state index in [1.54, 1.807) is 0 Å². The molecule has 2 aromatic rings. The Labute approximate surface area is 111 Å². The number of hydrogen-bond acceptors (Lipinski definition) is 1. The van der Waals surface area contributed by atoms with Gasteiger partial charge >= 0.3 is 0 Å². The van der Waals surface area contributed by atoms with Crippen LogP contribution in [-0.4, -0.2) is 0 Å². The van der Waals surface area contributed by atoms with E-state index in [9.17, 15) is 17.6 Å². The van der Waals surface area contributed by atoms with E-state index < -0.39 is 23.3 Å². The largest absolute Gasteiger partial charge is 0.381 e. The van der Waals surface area contributed by atoms with Crippen LogP contribution in [0.1, 0.15) is 5.56 Å². The summed E-state index contributed by atoms with van der Waals surface area (Å²) in [7, 11) is 0. The predicted molar refractivity (Wildman–Crippen MR) is 65.1 cm³/mol. The van der Waals surface area contributed by atoms with Crippen molar-refractivity contribution in [3.05, 3.63) is 64.2 Å². The molecule has 0 aliphatic heterocycles. The Morgan fingerprint density at radius 3 is 2.16 bits per heavy atom. The summed E-state index contributed by atoms with van der Waals surface area (Å²) in [5.74, 6) is -4.66. The summed E-state index contributed by atoms with van der Waals surface area (Å²) in [6, 6.07) is 5.55. The molecule has 0 unspecified atom stereocenters. The molecule has 0 aliphatic carbocycles. The minimum Gasteiger partial charge on any atom is -0.381 e. The number of nitrogens with one attached hydrogen (secondary N) is 1. The van der Waals surface area contributed by atoms with Crippen molar-refractivity contribution in [2.75, 3.05) is 5.32 Å². The molecule has 0 aromatic heterocycles. The standard InChI is InChI=1S/C13H8ClF4N/c14-8-1-2-10(15)7(3-8)6-19-9-4-11(16)13(18)12(17)5-9/h1-5,19H,6H2. The third-order valence-corrected chi connectivity index (χ3v) is 2.71. The number of anilines is 1. The van der Waals surface area contributed by atoms with Crippen LogP contribution in [0.25, 0.3) is 0 Å². The fourth-order valence-electron chi connectivity index (χ4n) is 1.53. The summed E-state index contributed by atoms with van der Waals surface area (Å²) in [5, 5.41) is 2.93. The molecule has 1 N–H and O–H groups in total. The van der Waals surface area contributed by atoms with Crippen LogP contribution >= 0.6 is 11.6 Å². The number of benzene rings is 2. The van der Waals surface area contributed by atoms with Crippen molar-refractivity contribution in [1.29, 1.82) is 0 Å². The Bertz CT molecular complexity index is 593. The summed E-state index contributed by atoms with van der Waals surface area (Å²) in [6.45, 7) is -0.0308. The lowest BCUT2D eigenvalue weighted by atomic mass is 10.2. The zero-order valence-corrected chi connectivity index (χ0v) is 10.2. The van der Waals surface area contributed by atoms with Crippen LogP contribution in [0.4, 0.5) is 23.2 Å². The second kappa shape index (κ2) is 5.48. The van der Waals surface area contributed by atoms with Gasteiger partial charge in [0.25, 0.3) is 0 Å². The van der Waals surface area contributed by atoms with E-state index in [-0.39, 0.29) is 17.8 Å². The van der Waals surface area contributed by atoms with Gasteiger partial charge in [-0.2, -0.15) is 0 Å². The van der Waals surface area contributed by atoms with Crippen molar-refractivity contribution in [3.63, 3.8) is 0 Å². The summed E-state index contributed by atoms with van der Waals surface area (Å²) < 4.78 is 52.0. The minimum absolute atomic E-state index is 0.00998. The molecule has 19 heavy (non-hydrogen) atoms. The quantitative estimate of drug-likeness (QED) is 0.647. The van der Waals surface area contributed by atoms with Crippen LogP contribution in [-0.2, 0) is 6.54 Å². The van der Waals surface area contributed by atoms with E-state index in [1.807, 2.05) is 0 Å². The molecule has 0 spiro atoms. The van der Waals surface area contributed by atoms with Crippen LogP contribution in [0.3, 0.4) is 0 Å². The van der Waals surface area contributed by atoms with Gasteiger partial charge in [0.15, 0.2) is 17.5 Å². The van der Waals surface area contributed by atoms with Crippen molar-refractivity contribution < 1.29 is 17.6 Å². The smallest absolute Gasteiger partial charge is 0.194 e. The van der Waals surface area contributed by atoms with Gasteiger partial charge in [-0.15, -0.1) is 0 Å². The highest BCUT2D eigenvalue weighted by atomic mass is 35.5. The van der Waals surface area contributed by atoms with E-state index in [0.717, 1.165) is 12.1 Å². The van der Waals surface area contributed by atoms with Gasteiger partial charge in [-0.25, -0.2) is 17.6 Å². The molecule has 0 radical (unpaired) electrons. The molecular weight excluding hydrogens is 282 g/mol. The number of halogens is 5. The first-order valence-corrected chi connectivity index (χ1v) is 5.67. The molecule has 6 heteroatoms. The fourth-order valence-corrected chi connectivity index (χ4v) is 1.73. The first kappa shape index (κ1) is 13.7. The molecule has 0 saturated heterocycles. The molecule has 0 aliphatic rings.